The minimum absolute atomic E-state index is 0.00961. The summed E-state index contributed by atoms with van der Waals surface area (Å²) >= 11 is 0. The van der Waals surface area contributed by atoms with Gasteiger partial charge in [-0.25, -0.2) is 23.4 Å². The normalized spacial score (nSPS) is 16.7. The standard InChI is InChI=1S/C19H24F3N5O4S/c20-19(21,22)14-31-15-4-5-17(25-13-15)26-8-10-27(11-9-26)32(29,30)12-1-3-16(28)18-23-6-2-7-24-18/h2,4-7,13,16,28H,1,3,8-12,14H2. The number of rotatable bonds is 9. The van der Waals surface area contributed by atoms with Crippen LogP contribution in [0.5, 0.6) is 5.75 Å². The monoisotopic (exact) mass is 475 g/mol. The van der Waals surface area contributed by atoms with E-state index in [-0.39, 0.29) is 43.3 Å². The average molecular weight is 475 g/mol. The highest BCUT2D eigenvalue weighted by Gasteiger charge is 2.29. The third kappa shape index (κ3) is 7.00. The highest BCUT2D eigenvalue weighted by Crippen LogP contribution is 2.22. The molecule has 0 aliphatic carbocycles. The summed E-state index contributed by atoms with van der Waals surface area (Å²) < 4.78 is 67.9. The molecule has 9 nitrogen and oxygen atoms in total. The first kappa shape index (κ1) is 24.1. The molecule has 32 heavy (non-hydrogen) atoms. The Morgan fingerprint density at radius 2 is 1.78 bits per heavy atom. The summed E-state index contributed by atoms with van der Waals surface area (Å²) in [6.07, 6.45) is -0.601. The van der Waals surface area contributed by atoms with Crippen LogP contribution in [0.4, 0.5) is 19.0 Å². The third-order valence-corrected chi connectivity index (χ3v) is 6.80. The summed E-state index contributed by atoms with van der Waals surface area (Å²) in [5, 5.41) is 10.1. The molecule has 1 atom stereocenters. The Bertz CT molecular complexity index is 953. The molecule has 3 heterocycles. The molecule has 1 saturated heterocycles. The number of halogens is 3. The van der Waals surface area contributed by atoms with Crippen LogP contribution in [0.15, 0.2) is 36.8 Å². The molecule has 0 aromatic carbocycles. The second-order valence-corrected chi connectivity index (χ2v) is 9.31. The summed E-state index contributed by atoms with van der Waals surface area (Å²) in [6.45, 7) is -0.0632. The van der Waals surface area contributed by atoms with E-state index in [1.54, 1.807) is 12.1 Å². The molecule has 3 rings (SSSR count). The smallest absolute Gasteiger partial charge is 0.422 e. The summed E-state index contributed by atoms with van der Waals surface area (Å²) in [6, 6.07) is 4.58. The number of piperazine rings is 1. The fourth-order valence-corrected chi connectivity index (χ4v) is 4.71. The number of aromatic nitrogens is 3. The van der Waals surface area contributed by atoms with Crippen LogP contribution in [0.3, 0.4) is 0 Å². The van der Waals surface area contributed by atoms with Crippen molar-refractivity contribution >= 4 is 15.8 Å². The van der Waals surface area contributed by atoms with E-state index >= 15 is 0 Å². The van der Waals surface area contributed by atoms with Crippen molar-refractivity contribution in [2.24, 2.45) is 0 Å². The molecule has 0 bridgehead atoms. The Balaban J connectivity index is 1.45. The summed E-state index contributed by atoms with van der Waals surface area (Å²) in [5.41, 5.74) is 0. The number of aliphatic hydroxyl groups is 1. The van der Waals surface area contributed by atoms with Crippen LogP contribution in [-0.2, 0) is 10.0 Å². The van der Waals surface area contributed by atoms with Gasteiger partial charge >= 0.3 is 6.18 Å². The predicted octanol–water partition coefficient (Wildman–Crippen LogP) is 1.78. The van der Waals surface area contributed by atoms with Crippen molar-refractivity contribution in [3.05, 3.63) is 42.6 Å². The van der Waals surface area contributed by atoms with Gasteiger partial charge in [0.05, 0.1) is 11.9 Å². The molecule has 0 saturated carbocycles. The maximum absolute atomic E-state index is 12.6. The largest absolute Gasteiger partial charge is 0.483 e. The highest BCUT2D eigenvalue weighted by atomic mass is 32.2. The van der Waals surface area contributed by atoms with E-state index in [1.165, 1.54) is 29.0 Å². The maximum atomic E-state index is 12.6. The molecule has 1 unspecified atom stereocenters. The molecular weight excluding hydrogens is 451 g/mol. The van der Waals surface area contributed by atoms with Gasteiger partial charge < -0.3 is 14.7 Å². The molecule has 2 aromatic heterocycles. The third-order valence-electron chi connectivity index (χ3n) is 4.84. The molecule has 0 radical (unpaired) electrons. The number of hydrogen-bond donors (Lipinski definition) is 1. The van der Waals surface area contributed by atoms with Crippen molar-refractivity contribution < 1.29 is 31.4 Å². The van der Waals surface area contributed by atoms with Crippen LogP contribution in [0.2, 0.25) is 0 Å². The van der Waals surface area contributed by atoms with Crippen molar-refractivity contribution in [2.45, 2.75) is 25.1 Å². The minimum atomic E-state index is -4.42. The van der Waals surface area contributed by atoms with Crippen LogP contribution in [0.1, 0.15) is 24.8 Å². The number of aliphatic hydroxyl groups excluding tert-OH is 1. The zero-order valence-electron chi connectivity index (χ0n) is 17.1. The van der Waals surface area contributed by atoms with Gasteiger partial charge in [-0.15, -0.1) is 0 Å². The number of alkyl halides is 3. The fraction of sp³-hybridized carbons (Fsp3) is 0.526. The lowest BCUT2D eigenvalue weighted by Crippen LogP contribution is -2.49. The van der Waals surface area contributed by atoms with E-state index in [9.17, 15) is 26.7 Å². The zero-order chi connectivity index (χ0) is 23.2. The Morgan fingerprint density at radius 3 is 2.38 bits per heavy atom. The lowest BCUT2D eigenvalue weighted by molar-refractivity contribution is -0.153. The van der Waals surface area contributed by atoms with Crippen molar-refractivity contribution in [1.29, 1.82) is 0 Å². The van der Waals surface area contributed by atoms with Crippen LogP contribution in [0.25, 0.3) is 0 Å². The van der Waals surface area contributed by atoms with Crippen molar-refractivity contribution in [3.63, 3.8) is 0 Å². The first-order valence-electron chi connectivity index (χ1n) is 9.97. The van der Waals surface area contributed by atoms with Gasteiger partial charge in [0.1, 0.15) is 17.7 Å². The van der Waals surface area contributed by atoms with Gasteiger partial charge in [-0.1, -0.05) is 0 Å². The van der Waals surface area contributed by atoms with Gasteiger partial charge in [0.2, 0.25) is 10.0 Å². The lowest BCUT2D eigenvalue weighted by atomic mass is 10.2. The van der Waals surface area contributed by atoms with Gasteiger partial charge in [0.25, 0.3) is 0 Å². The Hall–Kier alpha value is -2.51. The highest BCUT2D eigenvalue weighted by molar-refractivity contribution is 7.89. The lowest BCUT2D eigenvalue weighted by Gasteiger charge is -2.34. The molecule has 176 valence electrons. The Kier molecular flexibility index (Phi) is 7.85. The number of sulfonamides is 1. The van der Waals surface area contributed by atoms with Crippen LogP contribution < -0.4 is 9.64 Å². The zero-order valence-corrected chi connectivity index (χ0v) is 18.0. The molecule has 1 aliphatic rings. The molecule has 13 heteroatoms. The number of nitrogens with zero attached hydrogens (tertiary/aromatic N) is 5. The molecule has 0 amide bonds. The van der Waals surface area contributed by atoms with E-state index in [2.05, 4.69) is 19.7 Å². The second-order valence-electron chi connectivity index (χ2n) is 7.22. The van der Waals surface area contributed by atoms with Crippen LogP contribution >= 0.6 is 0 Å². The summed E-state index contributed by atoms with van der Waals surface area (Å²) in [5.74, 6) is 0.712. The summed E-state index contributed by atoms with van der Waals surface area (Å²) in [4.78, 5) is 13.9. The van der Waals surface area contributed by atoms with E-state index in [4.69, 9.17) is 0 Å². The van der Waals surface area contributed by atoms with E-state index in [1.807, 2.05) is 4.90 Å². The molecule has 0 spiro atoms. The minimum Gasteiger partial charge on any atom is -0.483 e. The van der Waals surface area contributed by atoms with Crippen molar-refractivity contribution in [2.75, 3.05) is 43.4 Å². The Labute approximate surface area is 183 Å². The van der Waals surface area contributed by atoms with Crippen molar-refractivity contribution in [3.8, 4) is 5.75 Å². The second kappa shape index (κ2) is 10.4. The molecule has 1 fully saturated rings. The quantitative estimate of drug-likeness (QED) is 0.585. The molecule has 1 N–H and O–H groups in total. The molecule has 2 aromatic rings. The first-order chi connectivity index (χ1) is 15.1. The van der Waals surface area contributed by atoms with E-state index < -0.39 is 28.9 Å². The SMILES string of the molecule is O=S(=O)(CCCC(O)c1ncccn1)N1CCN(c2ccc(OCC(F)(F)F)cn2)CC1. The van der Waals surface area contributed by atoms with Gasteiger partial charge in [0, 0.05) is 38.6 Å². The maximum Gasteiger partial charge on any atom is 0.422 e. The average Bonchev–Trinajstić information content (AvgIpc) is 2.78. The number of ether oxygens (including phenoxy) is 1. The number of hydrogen-bond acceptors (Lipinski definition) is 8. The van der Waals surface area contributed by atoms with Crippen LogP contribution in [-0.4, -0.2) is 77.5 Å². The van der Waals surface area contributed by atoms with Gasteiger partial charge in [0.15, 0.2) is 12.4 Å². The molecular formula is C19H24F3N5O4S. The van der Waals surface area contributed by atoms with E-state index in [0.29, 0.717) is 18.9 Å². The molecule has 1 aliphatic heterocycles. The van der Waals surface area contributed by atoms with Crippen LogP contribution in [0, 0.1) is 0 Å². The Morgan fingerprint density at radius 1 is 1.09 bits per heavy atom. The number of pyridine rings is 1. The first-order valence-corrected chi connectivity index (χ1v) is 11.6. The van der Waals surface area contributed by atoms with Gasteiger partial charge in [-0.3, -0.25) is 0 Å². The van der Waals surface area contributed by atoms with E-state index in [0.717, 1.165) is 0 Å². The fourth-order valence-electron chi connectivity index (χ4n) is 3.21. The summed E-state index contributed by atoms with van der Waals surface area (Å²) in [7, 11) is -3.49. The topological polar surface area (TPSA) is 109 Å². The van der Waals surface area contributed by atoms with Gasteiger partial charge in [-0.05, 0) is 31.0 Å². The number of anilines is 1. The predicted molar refractivity (Wildman–Crippen MR) is 110 cm³/mol. The van der Waals surface area contributed by atoms with Crippen molar-refractivity contribution in [1.82, 2.24) is 19.3 Å². The van der Waals surface area contributed by atoms with Gasteiger partial charge in [-0.2, -0.15) is 17.5 Å².